The fourth-order valence-electron chi connectivity index (χ4n) is 1.45. The quantitative estimate of drug-likeness (QED) is 0.675. The zero-order chi connectivity index (χ0) is 9.31. The topological polar surface area (TPSA) is 57.4 Å². The molecule has 1 aromatic heterocycles. The van der Waals surface area contributed by atoms with Gasteiger partial charge in [0.25, 0.3) is 5.89 Å². The summed E-state index contributed by atoms with van der Waals surface area (Å²) in [5.41, 5.74) is -0.513. The van der Waals surface area contributed by atoms with Gasteiger partial charge in [-0.1, -0.05) is 5.16 Å². The number of hydrogen-bond acceptors (Lipinski definition) is 5. The zero-order valence-electron chi connectivity index (χ0n) is 7.74. The third-order valence-electron chi connectivity index (χ3n) is 2.29. The van der Waals surface area contributed by atoms with Crippen LogP contribution < -0.4 is 0 Å². The van der Waals surface area contributed by atoms with E-state index < -0.39 is 5.60 Å². The molecule has 0 saturated carbocycles. The summed E-state index contributed by atoms with van der Waals surface area (Å²) in [6.45, 7) is 2.95. The number of nitrogens with zero attached hydrogens (tertiary/aromatic N) is 2. The summed E-state index contributed by atoms with van der Waals surface area (Å²) in [5.74, 6) is 1.14. The van der Waals surface area contributed by atoms with Crippen LogP contribution in [0.25, 0.3) is 0 Å². The maximum atomic E-state index is 5.38. The molecule has 0 aromatic carbocycles. The average molecular weight is 184 g/mol. The second-order valence-electron chi connectivity index (χ2n) is 3.15. The summed E-state index contributed by atoms with van der Waals surface area (Å²) >= 11 is 0. The van der Waals surface area contributed by atoms with Gasteiger partial charge in [-0.3, -0.25) is 0 Å². The molecule has 1 unspecified atom stereocenters. The third-order valence-corrected chi connectivity index (χ3v) is 2.29. The van der Waals surface area contributed by atoms with Gasteiger partial charge in [-0.15, -0.1) is 0 Å². The van der Waals surface area contributed by atoms with E-state index in [9.17, 15) is 0 Å². The molecule has 1 saturated heterocycles. The molecule has 2 heterocycles. The normalized spacial score (nSPS) is 28.2. The largest absolute Gasteiger partial charge is 0.378 e. The van der Waals surface area contributed by atoms with E-state index in [1.165, 1.54) is 0 Å². The Bertz CT molecular complexity index is 291. The van der Waals surface area contributed by atoms with Crippen LogP contribution >= 0.6 is 0 Å². The second-order valence-corrected chi connectivity index (χ2v) is 3.15. The number of methoxy groups -OCH3 is 1. The Morgan fingerprint density at radius 2 is 2.38 bits per heavy atom. The number of rotatable bonds is 2. The van der Waals surface area contributed by atoms with Crippen LogP contribution in [0, 0.1) is 6.92 Å². The van der Waals surface area contributed by atoms with Crippen molar-refractivity contribution in [3.63, 3.8) is 0 Å². The number of hydrogen-bond donors (Lipinski definition) is 0. The molecule has 1 atom stereocenters. The van der Waals surface area contributed by atoms with E-state index in [1.807, 2.05) is 0 Å². The van der Waals surface area contributed by atoms with Crippen LogP contribution in [0.2, 0.25) is 0 Å². The van der Waals surface area contributed by atoms with Gasteiger partial charge in [-0.2, -0.15) is 4.98 Å². The molecule has 1 aromatic rings. The summed E-state index contributed by atoms with van der Waals surface area (Å²) in [6, 6.07) is 0. The lowest BCUT2D eigenvalue weighted by Crippen LogP contribution is -2.29. The molecule has 5 heteroatoms. The van der Waals surface area contributed by atoms with Gasteiger partial charge in [0.1, 0.15) is 0 Å². The first-order valence-corrected chi connectivity index (χ1v) is 4.20. The summed E-state index contributed by atoms with van der Waals surface area (Å²) in [7, 11) is 1.63. The highest BCUT2D eigenvalue weighted by Gasteiger charge is 2.42. The summed E-state index contributed by atoms with van der Waals surface area (Å²) in [6.07, 6.45) is 0.769. The Morgan fingerprint density at radius 3 is 2.85 bits per heavy atom. The van der Waals surface area contributed by atoms with Crippen molar-refractivity contribution in [3.8, 4) is 0 Å². The second kappa shape index (κ2) is 3.08. The van der Waals surface area contributed by atoms with E-state index in [0.717, 1.165) is 6.42 Å². The molecule has 0 bridgehead atoms. The van der Waals surface area contributed by atoms with E-state index in [2.05, 4.69) is 10.1 Å². The molecular weight excluding hydrogens is 172 g/mol. The maximum absolute atomic E-state index is 5.38. The smallest absolute Gasteiger partial charge is 0.261 e. The summed E-state index contributed by atoms with van der Waals surface area (Å²) in [4.78, 5) is 4.15. The van der Waals surface area contributed by atoms with Crippen molar-refractivity contribution in [1.29, 1.82) is 0 Å². The first-order valence-electron chi connectivity index (χ1n) is 4.20. The minimum atomic E-state index is -0.513. The molecule has 1 aliphatic heterocycles. The van der Waals surface area contributed by atoms with Gasteiger partial charge in [0.05, 0.1) is 13.2 Å². The first kappa shape index (κ1) is 8.65. The Morgan fingerprint density at radius 1 is 1.54 bits per heavy atom. The molecule has 0 spiro atoms. The molecule has 72 valence electrons. The SMILES string of the molecule is COC1(c2nc(C)no2)CCOC1. The third kappa shape index (κ3) is 1.34. The lowest BCUT2D eigenvalue weighted by Gasteiger charge is -2.20. The lowest BCUT2D eigenvalue weighted by atomic mass is 10.0. The van der Waals surface area contributed by atoms with Crippen molar-refractivity contribution in [1.82, 2.24) is 10.1 Å². The standard InChI is InChI=1S/C8H12N2O3/c1-6-9-7(13-10-6)8(11-2)3-4-12-5-8/h3-5H2,1-2H3. The van der Waals surface area contributed by atoms with Gasteiger partial charge < -0.3 is 14.0 Å². The highest BCUT2D eigenvalue weighted by Crippen LogP contribution is 2.32. The minimum Gasteiger partial charge on any atom is -0.378 e. The van der Waals surface area contributed by atoms with Crippen LogP contribution in [0.15, 0.2) is 4.52 Å². The number of ether oxygens (including phenoxy) is 2. The van der Waals surface area contributed by atoms with Gasteiger partial charge in [0.15, 0.2) is 11.4 Å². The summed E-state index contributed by atoms with van der Waals surface area (Å²) < 4.78 is 15.7. The first-order chi connectivity index (χ1) is 6.27. The van der Waals surface area contributed by atoms with Crippen molar-refractivity contribution >= 4 is 0 Å². The predicted octanol–water partition coefficient (Wildman–Crippen LogP) is 0.640. The van der Waals surface area contributed by atoms with E-state index in [4.69, 9.17) is 14.0 Å². The molecule has 1 fully saturated rings. The average Bonchev–Trinajstić information content (AvgIpc) is 2.73. The molecule has 0 amide bonds. The van der Waals surface area contributed by atoms with Gasteiger partial charge in [-0.25, -0.2) is 0 Å². The van der Waals surface area contributed by atoms with Crippen LogP contribution in [0.3, 0.4) is 0 Å². The molecule has 13 heavy (non-hydrogen) atoms. The molecule has 0 N–H and O–H groups in total. The van der Waals surface area contributed by atoms with Crippen molar-refractivity contribution in [2.45, 2.75) is 18.9 Å². The van der Waals surface area contributed by atoms with Gasteiger partial charge in [-0.05, 0) is 6.92 Å². The van der Waals surface area contributed by atoms with Gasteiger partial charge in [0, 0.05) is 13.5 Å². The zero-order valence-corrected chi connectivity index (χ0v) is 7.74. The maximum Gasteiger partial charge on any atom is 0.261 e. The highest BCUT2D eigenvalue weighted by atomic mass is 16.6. The van der Waals surface area contributed by atoms with Crippen LogP contribution in [-0.2, 0) is 15.1 Å². The highest BCUT2D eigenvalue weighted by molar-refractivity contribution is 5.01. The fraction of sp³-hybridized carbons (Fsp3) is 0.750. The van der Waals surface area contributed by atoms with Crippen LogP contribution in [-0.4, -0.2) is 30.5 Å². The van der Waals surface area contributed by atoms with E-state index >= 15 is 0 Å². The molecule has 0 radical (unpaired) electrons. The van der Waals surface area contributed by atoms with Gasteiger partial charge >= 0.3 is 0 Å². The Hall–Kier alpha value is -0.940. The molecular formula is C8H12N2O3. The Balaban J connectivity index is 2.30. The molecule has 2 rings (SSSR count). The monoisotopic (exact) mass is 184 g/mol. The summed E-state index contributed by atoms with van der Waals surface area (Å²) in [5, 5.41) is 3.73. The Kier molecular flexibility index (Phi) is 2.05. The fourth-order valence-corrected chi connectivity index (χ4v) is 1.45. The van der Waals surface area contributed by atoms with Crippen molar-refractivity contribution in [2.75, 3.05) is 20.3 Å². The molecule has 0 aliphatic carbocycles. The lowest BCUT2D eigenvalue weighted by molar-refractivity contribution is -0.0442. The molecule has 1 aliphatic rings. The number of aryl methyl sites for hydroxylation is 1. The van der Waals surface area contributed by atoms with Crippen molar-refractivity contribution < 1.29 is 14.0 Å². The van der Waals surface area contributed by atoms with Gasteiger partial charge in [0.2, 0.25) is 0 Å². The molecule has 5 nitrogen and oxygen atoms in total. The van der Waals surface area contributed by atoms with Crippen LogP contribution in [0.4, 0.5) is 0 Å². The predicted molar refractivity (Wildman–Crippen MR) is 43.2 cm³/mol. The van der Waals surface area contributed by atoms with Crippen molar-refractivity contribution in [2.24, 2.45) is 0 Å². The minimum absolute atomic E-state index is 0.491. The number of aromatic nitrogens is 2. The van der Waals surface area contributed by atoms with Crippen LogP contribution in [0.1, 0.15) is 18.1 Å². The van der Waals surface area contributed by atoms with E-state index in [1.54, 1.807) is 14.0 Å². The van der Waals surface area contributed by atoms with E-state index in [0.29, 0.717) is 24.9 Å². The Labute approximate surface area is 76.0 Å². The van der Waals surface area contributed by atoms with Crippen LogP contribution in [0.5, 0.6) is 0 Å². The van der Waals surface area contributed by atoms with Crippen molar-refractivity contribution in [3.05, 3.63) is 11.7 Å². The van der Waals surface area contributed by atoms with E-state index in [-0.39, 0.29) is 0 Å².